The molecule has 0 spiro atoms. The van der Waals surface area contributed by atoms with Crippen molar-refractivity contribution < 1.29 is 0 Å². The van der Waals surface area contributed by atoms with Crippen LogP contribution in [0.5, 0.6) is 0 Å². The highest BCUT2D eigenvalue weighted by Crippen LogP contribution is 2.42. The van der Waals surface area contributed by atoms with Crippen LogP contribution in [0.4, 0.5) is 0 Å². The summed E-state index contributed by atoms with van der Waals surface area (Å²) in [7, 11) is 0. The van der Waals surface area contributed by atoms with Crippen molar-refractivity contribution in [3.8, 4) is 0 Å². The normalized spacial score (nSPS) is 15.9. The van der Waals surface area contributed by atoms with E-state index in [1.807, 2.05) is 0 Å². The van der Waals surface area contributed by atoms with E-state index in [2.05, 4.69) is 48.5 Å². The van der Waals surface area contributed by atoms with Gasteiger partial charge in [0.2, 0.25) is 0 Å². The standard InChI is InChI=1S/C13H28/c1-8-11(2)9-10-13(6,7)12(3,4)5/h11H,8-10H2,1-7H3. The minimum atomic E-state index is 0.431. The minimum absolute atomic E-state index is 0.431. The van der Waals surface area contributed by atoms with Crippen LogP contribution in [-0.2, 0) is 0 Å². The average molecular weight is 184 g/mol. The lowest BCUT2D eigenvalue weighted by Crippen LogP contribution is -2.29. The van der Waals surface area contributed by atoms with Crippen molar-refractivity contribution in [2.24, 2.45) is 16.7 Å². The summed E-state index contributed by atoms with van der Waals surface area (Å²) in [5.41, 5.74) is 0.900. The Morgan fingerprint density at radius 1 is 1.00 bits per heavy atom. The van der Waals surface area contributed by atoms with Gasteiger partial charge in [-0.3, -0.25) is 0 Å². The first-order chi connectivity index (χ1) is 5.70. The number of hydrogen-bond donors (Lipinski definition) is 0. The molecule has 0 aliphatic heterocycles. The van der Waals surface area contributed by atoms with Crippen molar-refractivity contribution in [2.75, 3.05) is 0 Å². The highest BCUT2D eigenvalue weighted by atomic mass is 14.4. The lowest BCUT2D eigenvalue weighted by molar-refractivity contribution is 0.110. The average Bonchev–Trinajstić information content (AvgIpc) is 1.98. The molecule has 0 N–H and O–H groups in total. The predicted octanol–water partition coefficient (Wildman–Crippen LogP) is 4.89. The van der Waals surface area contributed by atoms with Gasteiger partial charge in [-0.2, -0.15) is 0 Å². The van der Waals surface area contributed by atoms with Gasteiger partial charge >= 0.3 is 0 Å². The Kier molecular flexibility index (Phi) is 4.48. The van der Waals surface area contributed by atoms with Gasteiger partial charge in [-0.25, -0.2) is 0 Å². The van der Waals surface area contributed by atoms with Crippen LogP contribution >= 0.6 is 0 Å². The Balaban J connectivity index is 4.04. The monoisotopic (exact) mass is 184 g/mol. The molecule has 80 valence electrons. The molecular formula is C13H28. The second-order valence-corrected chi connectivity index (χ2v) is 6.19. The maximum Gasteiger partial charge on any atom is -0.0305 e. The third-order valence-electron chi connectivity index (χ3n) is 3.99. The largest absolute Gasteiger partial charge is 0.0651 e. The molecule has 0 fully saturated rings. The van der Waals surface area contributed by atoms with E-state index in [9.17, 15) is 0 Å². The first kappa shape index (κ1) is 13.0. The number of rotatable bonds is 4. The molecule has 0 saturated heterocycles. The third kappa shape index (κ3) is 4.15. The van der Waals surface area contributed by atoms with Crippen molar-refractivity contribution in [2.45, 2.75) is 67.7 Å². The molecule has 0 heterocycles. The van der Waals surface area contributed by atoms with Crippen LogP contribution in [0.2, 0.25) is 0 Å². The van der Waals surface area contributed by atoms with Crippen LogP contribution in [0, 0.1) is 16.7 Å². The van der Waals surface area contributed by atoms with Gasteiger partial charge in [0.15, 0.2) is 0 Å². The van der Waals surface area contributed by atoms with E-state index in [0.29, 0.717) is 10.8 Å². The fourth-order valence-corrected chi connectivity index (χ4v) is 1.19. The molecule has 0 aliphatic carbocycles. The van der Waals surface area contributed by atoms with Gasteiger partial charge in [-0.05, 0) is 23.2 Å². The highest BCUT2D eigenvalue weighted by Gasteiger charge is 2.32. The van der Waals surface area contributed by atoms with Crippen LogP contribution in [0.1, 0.15) is 67.7 Å². The van der Waals surface area contributed by atoms with Gasteiger partial charge in [0, 0.05) is 0 Å². The fourth-order valence-electron chi connectivity index (χ4n) is 1.19. The predicted molar refractivity (Wildman–Crippen MR) is 61.9 cm³/mol. The van der Waals surface area contributed by atoms with E-state index < -0.39 is 0 Å². The quantitative estimate of drug-likeness (QED) is 0.584. The molecule has 0 heteroatoms. The summed E-state index contributed by atoms with van der Waals surface area (Å²) >= 11 is 0. The number of hydrogen-bond acceptors (Lipinski definition) is 0. The van der Waals surface area contributed by atoms with E-state index in [0.717, 1.165) is 5.92 Å². The zero-order valence-corrected chi connectivity index (χ0v) is 10.7. The van der Waals surface area contributed by atoms with E-state index in [-0.39, 0.29) is 0 Å². The Hall–Kier alpha value is 0. The lowest BCUT2D eigenvalue weighted by Gasteiger charge is -2.39. The molecule has 13 heavy (non-hydrogen) atoms. The van der Waals surface area contributed by atoms with Crippen LogP contribution in [0.3, 0.4) is 0 Å². The van der Waals surface area contributed by atoms with E-state index in [1.54, 1.807) is 0 Å². The molecule has 0 aromatic rings. The summed E-state index contributed by atoms with van der Waals surface area (Å²) in [6, 6.07) is 0. The summed E-state index contributed by atoms with van der Waals surface area (Å²) < 4.78 is 0. The minimum Gasteiger partial charge on any atom is -0.0651 e. The summed E-state index contributed by atoms with van der Waals surface area (Å²) in [6.07, 6.45) is 4.05. The van der Waals surface area contributed by atoms with Crippen LogP contribution in [0.15, 0.2) is 0 Å². The maximum absolute atomic E-state index is 2.40. The van der Waals surface area contributed by atoms with E-state index in [4.69, 9.17) is 0 Å². The Morgan fingerprint density at radius 2 is 1.46 bits per heavy atom. The molecule has 0 nitrogen and oxygen atoms in total. The summed E-state index contributed by atoms with van der Waals surface area (Å²) in [5.74, 6) is 0.890. The molecule has 1 unspecified atom stereocenters. The molecule has 0 bridgehead atoms. The van der Waals surface area contributed by atoms with Crippen molar-refractivity contribution >= 4 is 0 Å². The molecular weight excluding hydrogens is 156 g/mol. The van der Waals surface area contributed by atoms with Crippen molar-refractivity contribution in [3.63, 3.8) is 0 Å². The van der Waals surface area contributed by atoms with Crippen molar-refractivity contribution in [3.05, 3.63) is 0 Å². The SMILES string of the molecule is CCC(C)CCC(C)(C)C(C)(C)C. The van der Waals surface area contributed by atoms with E-state index in [1.165, 1.54) is 19.3 Å². The van der Waals surface area contributed by atoms with Crippen molar-refractivity contribution in [1.29, 1.82) is 0 Å². The maximum atomic E-state index is 2.40. The molecule has 0 saturated carbocycles. The van der Waals surface area contributed by atoms with Gasteiger partial charge in [0.25, 0.3) is 0 Å². The first-order valence-corrected chi connectivity index (χ1v) is 5.70. The zero-order valence-electron chi connectivity index (χ0n) is 10.7. The summed E-state index contributed by atoms with van der Waals surface area (Å²) in [5, 5.41) is 0. The highest BCUT2D eigenvalue weighted by molar-refractivity contribution is 4.82. The molecule has 1 atom stereocenters. The molecule has 0 rings (SSSR count). The first-order valence-electron chi connectivity index (χ1n) is 5.70. The Labute approximate surface area is 85.1 Å². The van der Waals surface area contributed by atoms with Gasteiger partial charge in [-0.1, -0.05) is 61.3 Å². The van der Waals surface area contributed by atoms with Gasteiger partial charge in [-0.15, -0.1) is 0 Å². The Bertz CT molecular complexity index is 137. The van der Waals surface area contributed by atoms with Crippen molar-refractivity contribution in [1.82, 2.24) is 0 Å². The summed E-state index contributed by atoms with van der Waals surface area (Å²) in [4.78, 5) is 0. The summed E-state index contributed by atoms with van der Waals surface area (Å²) in [6.45, 7) is 16.5. The van der Waals surface area contributed by atoms with Crippen LogP contribution < -0.4 is 0 Å². The zero-order chi connectivity index (χ0) is 10.7. The molecule has 0 aliphatic rings. The lowest BCUT2D eigenvalue weighted by atomic mass is 9.66. The van der Waals surface area contributed by atoms with Gasteiger partial charge in [0.1, 0.15) is 0 Å². The second-order valence-electron chi connectivity index (χ2n) is 6.19. The molecule has 0 amide bonds. The second kappa shape index (κ2) is 4.48. The van der Waals surface area contributed by atoms with E-state index >= 15 is 0 Å². The van der Waals surface area contributed by atoms with Crippen LogP contribution in [0.25, 0.3) is 0 Å². The molecule has 0 radical (unpaired) electrons. The topological polar surface area (TPSA) is 0 Å². The Morgan fingerprint density at radius 3 is 1.77 bits per heavy atom. The van der Waals surface area contributed by atoms with Gasteiger partial charge in [0.05, 0.1) is 0 Å². The smallest absolute Gasteiger partial charge is 0.0305 e. The molecule has 0 aromatic heterocycles. The van der Waals surface area contributed by atoms with Crippen LogP contribution in [-0.4, -0.2) is 0 Å². The van der Waals surface area contributed by atoms with Gasteiger partial charge < -0.3 is 0 Å². The third-order valence-corrected chi connectivity index (χ3v) is 3.99. The molecule has 0 aromatic carbocycles. The fraction of sp³-hybridized carbons (Fsp3) is 1.00.